The molecular weight excluding hydrogens is 266 g/mol. The first-order valence-corrected chi connectivity index (χ1v) is 6.81. The molecule has 1 saturated carbocycles. The number of carbonyl (C=O) groups is 1. The highest BCUT2D eigenvalue weighted by Crippen LogP contribution is 2.36. The van der Waals surface area contributed by atoms with Gasteiger partial charge in [0.2, 0.25) is 5.16 Å². The van der Waals surface area contributed by atoms with Gasteiger partial charge in [-0.15, -0.1) is 5.10 Å². The first-order valence-electron chi connectivity index (χ1n) is 5.83. The summed E-state index contributed by atoms with van der Waals surface area (Å²) in [6.07, 6.45) is 3.62. The molecule has 0 atom stereocenters. The van der Waals surface area contributed by atoms with E-state index in [1.165, 1.54) is 18.0 Å². The lowest BCUT2D eigenvalue weighted by Gasteiger charge is -2.02. The number of aromatic carboxylic acids is 1. The molecule has 2 aromatic heterocycles. The van der Waals surface area contributed by atoms with E-state index in [-0.39, 0.29) is 5.56 Å². The number of aromatic nitrogens is 5. The molecule has 0 radical (unpaired) electrons. The number of hydrogen-bond acceptors (Lipinski definition) is 6. The van der Waals surface area contributed by atoms with Crippen molar-refractivity contribution in [3.8, 4) is 0 Å². The van der Waals surface area contributed by atoms with Gasteiger partial charge in [-0.1, -0.05) is 11.8 Å². The van der Waals surface area contributed by atoms with Crippen LogP contribution in [0.1, 0.15) is 34.9 Å². The van der Waals surface area contributed by atoms with E-state index in [9.17, 15) is 4.79 Å². The highest BCUT2D eigenvalue weighted by Gasteiger charge is 2.27. The van der Waals surface area contributed by atoms with Crippen molar-refractivity contribution in [3.05, 3.63) is 29.6 Å². The van der Waals surface area contributed by atoms with Crippen LogP contribution in [0.3, 0.4) is 0 Å². The third-order valence-electron chi connectivity index (χ3n) is 2.78. The molecule has 19 heavy (non-hydrogen) atoms. The Balaban J connectivity index is 1.65. The summed E-state index contributed by atoms with van der Waals surface area (Å²) in [5.41, 5.74) is 0.997. The standard InChI is InChI=1S/C11H11N5O2S/c17-10(18)7-1-2-8(12-5-7)6-19-11-13-14-15-16(11)9-3-4-9/h1-2,5,9H,3-4,6H2,(H,17,18). The van der Waals surface area contributed by atoms with Crippen molar-refractivity contribution in [2.75, 3.05) is 0 Å². The van der Waals surface area contributed by atoms with E-state index in [0.717, 1.165) is 23.7 Å². The average molecular weight is 277 g/mol. The van der Waals surface area contributed by atoms with E-state index in [0.29, 0.717) is 11.8 Å². The predicted octanol–water partition coefficient (Wildman–Crippen LogP) is 1.39. The van der Waals surface area contributed by atoms with E-state index >= 15 is 0 Å². The number of nitrogens with zero attached hydrogens (tertiary/aromatic N) is 5. The largest absolute Gasteiger partial charge is 0.478 e. The Kier molecular flexibility index (Phi) is 3.16. The van der Waals surface area contributed by atoms with Crippen molar-refractivity contribution in [1.29, 1.82) is 0 Å². The second-order valence-electron chi connectivity index (χ2n) is 4.27. The number of carboxylic acid groups (broad SMARTS) is 1. The summed E-state index contributed by atoms with van der Waals surface area (Å²) < 4.78 is 1.84. The maximum Gasteiger partial charge on any atom is 0.337 e. The molecule has 98 valence electrons. The van der Waals surface area contributed by atoms with Crippen LogP contribution in [-0.2, 0) is 5.75 Å². The van der Waals surface area contributed by atoms with Crippen molar-refractivity contribution in [1.82, 2.24) is 25.2 Å². The van der Waals surface area contributed by atoms with E-state index in [1.54, 1.807) is 12.1 Å². The minimum atomic E-state index is -0.968. The summed E-state index contributed by atoms with van der Waals surface area (Å²) in [7, 11) is 0. The van der Waals surface area contributed by atoms with E-state index < -0.39 is 5.97 Å². The number of thioether (sulfide) groups is 1. The topological polar surface area (TPSA) is 93.8 Å². The second-order valence-corrected chi connectivity index (χ2v) is 5.21. The second kappa shape index (κ2) is 4.96. The zero-order chi connectivity index (χ0) is 13.2. The monoisotopic (exact) mass is 277 g/mol. The van der Waals surface area contributed by atoms with E-state index in [1.807, 2.05) is 4.68 Å². The summed E-state index contributed by atoms with van der Waals surface area (Å²) in [4.78, 5) is 14.8. The smallest absolute Gasteiger partial charge is 0.337 e. The lowest BCUT2D eigenvalue weighted by Crippen LogP contribution is -2.00. The van der Waals surface area contributed by atoms with Gasteiger partial charge in [0, 0.05) is 11.9 Å². The van der Waals surface area contributed by atoms with Crippen molar-refractivity contribution in [3.63, 3.8) is 0 Å². The van der Waals surface area contributed by atoms with E-state index in [2.05, 4.69) is 20.5 Å². The summed E-state index contributed by atoms with van der Waals surface area (Å²) in [6.45, 7) is 0. The van der Waals surface area contributed by atoms with Crippen LogP contribution in [0, 0.1) is 0 Å². The average Bonchev–Trinajstić information content (AvgIpc) is 3.16. The van der Waals surface area contributed by atoms with Gasteiger partial charge in [-0.05, 0) is 35.4 Å². The van der Waals surface area contributed by atoms with E-state index in [4.69, 9.17) is 5.11 Å². The zero-order valence-corrected chi connectivity index (χ0v) is 10.7. The van der Waals surface area contributed by atoms with Crippen LogP contribution in [0.4, 0.5) is 0 Å². The van der Waals surface area contributed by atoms with Crippen LogP contribution in [-0.4, -0.2) is 36.3 Å². The molecule has 0 aromatic carbocycles. The molecule has 1 aliphatic rings. The Bertz CT molecular complexity index is 593. The Morgan fingerprint density at radius 1 is 1.47 bits per heavy atom. The molecule has 7 nitrogen and oxygen atoms in total. The van der Waals surface area contributed by atoms with Crippen LogP contribution in [0.5, 0.6) is 0 Å². The fourth-order valence-electron chi connectivity index (χ4n) is 1.60. The van der Waals surface area contributed by atoms with Gasteiger partial charge in [-0.3, -0.25) is 4.98 Å². The Labute approximate surface area is 113 Å². The SMILES string of the molecule is O=C(O)c1ccc(CSc2nnnn2C2CC2)nc1. The Morgan fingerprint density at radius 3 is 2.95 bits per heavy atom. The van der Waals surface area contributed by atoms with Crippen molar-refractivity contribution in [2.45, 2.75) is 29.8 Å². The van der Waals surface area contributed by atoms with Crippen LogP contribution < -0.4 is 0 Å². The van der Waals surface area contributed by atoms with Gasteiger partial charge in [0.05, 0.1) is 17.3 Å². The maximum absolute atomic E-state index is 10.7. The minimum absolute atomic E-state index is 0.191. The number of carboxylic acids is 1. The fourth-order valence-corrected chi connectivity index (χ4v) is 2.46. The highest BCUT2D eigenvalue weighted by molar-refractivity contribution is 7.98. The van der Waals surface area contributed by atoms with Gasteiger partial charge in [0.15, 0.2) is 0 Å². The van der Waals surface area contributed by atoms with Crippen LogP contribution in [0.15, 0.2) is 23.5 Å². The Hall–Kier alpha value is -1.96. The summed E-state index contributed by atoms with van der Waals surface area (Å²) in [6, 6.07) is 3.71. The van der Waals surface area contributed by atoms with Gasteiger partial charge >= 0.3 is 5.97 Å². The van der Waals surface area contributed by atoms with Crippen molar-refractivity contribution in [2.24, 2.45) is 0 Å². The first kappa shape index (κ1) is 12.1. The summed E-state index contributed by atoms with van der Waals surface area (Å²) in [5, 5.41) is 21.2. The van der Waals surface area contributed by atoms with Crippen molar-refractivity contribution >= 4 is 17.7 Å². The molecule has 0 unspecified atom stereocenters. The van der Waals surface area contributed by atoms with Gasteiger partial charge < -0.3 is 5.11 Å². The molecular formula is C11H11N5O2S. The Morgan fingerprint density at radius 2 is 2.32 bits per heavy atom. The molecule has 2 aromatic rings. The molecule has 8 heteroatoms. The highest BCUT2D eigenvalue weighted by atomic mass is 32.2. The lowest BCUT2D eigenvalue weighted by molar-refractivity contribution is 0.0696. The fraction of sp³-hybridized carbons (Fsp3) is 0.364. The number of rotatable bonds is 5. The molecule has 2 heterocycles. The molecule has 0 amide bonds. The number of hydrogen-bond donors (Lipinski definition) is 1. The normalized spacial score (nSPS) is 14.5. The third kappa shape index (κ3) is 2.73. The molecule has 1 fully saturated rings. The van der Waals surface area contributed by atoms with Crippen LogP contribution >= 0.6 is 11.8 Å². The molecule has 0 aliphatic heterocycles. The predicted molar refractivity (Wildman–Crippen MR) is 66.8 cm³/mol. The number of tetrazole rings is 1. The maximum atomic E-state index is 10.7. The van der Waals surface area contributed by atoms with Gasteiger partial charge in [0.1, 0.15) is 0 Å². The quantitative estimate of drug-likeness (QED) is 0.825. The van der Waals surface area contributed by atoms with Crippen LogP contribution in [0.2, 0.25) is 0 Å². The van der Waals surface area contributed by atoms with Gasteiger partial charge in [0.25, 0.3) is 0 Å². The third-order valence-corrected chi connectivity index (χ3v) is 3.74. The number of pyridine rings is 1. The molecule has 1 aliphatic carbocycles. The summed E-state index contributed by atoms with van der Waals surface area (Å²) in [5.74, 6) is -0.350. The molecule has 0 spiro atoms. The molecule has 0 saturated heterocycles. The lowest BCUT2D eigenvalue weighted by atomic mass is 10.2. The van der Waals surface area contributed by atoms with Crippen molar-refractivity contribution < 1.29 is 9.90 Å². The minimum Gasteiger partial charge on any atom is -0.478 e. The molecule has 1 N–H and O–H groups in total. The molecule has 0 bridgehead atoms. The molecule has 3 rings (SSSR count). The first-order chi connectivity index (χ1) is 9.24. The van der Waals surface area contributed by atoms with Crippen LogP contribution in [0.25, 0.3) is 0 Å². The summed E-state index contributed by atoms with van der Waals surface area (Å²) >= 11 is 1.51. The van der Waals surface area contributed by atoms with Gasteiger partial charge in [-0.25, -0.2) is 9.48 Å². The van der Waals surface area contributed by atoms with Gasteiger partial charge in [-0.2, -0.15) is 0 Å². The zero-order valence-electron chi connectivity index (χ0n) is 9.93.